The van der Waals surface area contributed by atoms with E-state index < -0.39 is 11.9 Å². The van der Waals surface area contributed by atoms with Gasteiger partial charge < -0.3 is 19.9 Å². The standard InChI is InChI=1S/C20H22ClNO5/c1-4-27-20(25)17-10(2)22-13-6-5-7-14(23)19(13)18(17)11-8-16(26-3)15(24)9-12(11)21/h8-9,18,22,24H,4-7H2,1-3H3. The molecule has 0 amide bonds. The lowest BCUT2D eigenvalue weighted by Gasteiger charge is -2.34. The molecule has 0 bridgehead atoms. The predicted octanol–water partition coefficient (Wildman–Crippen LogP) is 3.59. The van der Waals surface area contributed by atoms with Gasteiger partial charge in [0.1, 0.15) is 0 Å². The molecule has 2 N–H and O–H groups in total. The van der Waals surface area contributed by atoms with Gasteiger partial charge in [0.2, 0.25) is 0 Å². The number of ether oxygens (including phenoxy) is 2. The third kappa shape index (κ3) is 3.41. The predicted molar refractivity (Wildman–Crippen MR) is 101 cm³/mol. The summed E-state index contributed by atoms with van der Waals surface area (Å²) >= 11 is 6.42. The van der Waals surface area contributed by atoms with Gasteiger partial charge in [-0.15, -0.1) is 0 Å². The van der Waals surface area contributed by atoms with E-state index >= 15 is 0 Å². The normalized spacial score (nSPS) is 19.6. The average molecular weight is 392 g/mol. The number of halogens is 1. The molecule has 1 heterocycles. The van der Waals surface area contributed by atoms with Crippen molar-refractivity contribution in [2.45, 2.75) is 39.0 Å². The molecule has 1 aliphatic carbocycles. The Balaban J connectivity index is 2.25. The van der Waals surface area contributed by atoms with Crippen LogP contribution in [0.15, 0.2) is 34.7 Å². The minimum absolute atomic E-state index is 0.0221. The molecular formula is C20H22ClNO5. The number of phenolic OH excluding ortho intramolecular Hbond substituents is 1. The van der Waals surface area contributed by atoms with E-state index in [1.54, 1.807) is 19.9 Å². The number of allylic oxidation sites excluding steroid dienone is 3. The number of esters is 1. The van der Waals surface area contributed by atoms with E-state index in [1.807, 2.05) is 0 Å². The van der Waals surface area contributed by atoms with Crippen LogP contribution in [0.1, 0.15) is 44.6 Å². The second-order valence-electron chi connectivity index (χ2n) is 6.53. The SMILES string of the molecule is CCOC(=O)C1=C(C)NC2=C(C(=O)CCC2)C1c1cc(OC)c(O)cc1Cl. The summed E-state index contributed by atoms with van der Waals surface area (Å²) in [6.07, 6.45) is 1.89. The van der Waals surface area contributed by atoms with Crippen LogP contribution in [-0.2, 0) is 14.3 Å². The summed E-state index contributed by atoms with van der Waals surface area (Å²) in [6.45, 7) is 3.73. The molecule has 1 atom stereocenters. The van der Waals surface area contributed by atoms with Gasteiger partial charge >= 0.3 is 5.97 Å². The van der Waals surface area contributed by atoms with Crippen LogP contribution in [0.3, 0.4) is 0 Å². The van der Waals surface area contributed by atoms with E-state index in [2.05, 4.69) is 5.32 Å². The number of hydrogen-bond donors (Lipinski definition) is 2. The van der Waals surface area contributed by atoms with E-state index in [0.29, 0.717) is 28.8 Å². The fourth-order valence-corrected chi connectivity index (χ4v) is 3.98. The summed E-state index contributed by atoms with van der Waals surface area (Å²) in [5.74, 6) is -1.08. The molecule has 7 heteroatoms. The zero-order valence-corrected chi connectivity index (χ0v) is 16.3. The highest BCUT2D eigenvalue weighted by atomic mass is 35.5. The lowest BCUT2D eigenvalue weighted by atomic mass is 9.75. The second kappa shape index (κ2) is 7.64. The summed E-state index contributed by atoms with van der Waals surface area (Å²) in [4.78, 5) is 25.5. The largest absolute Gasteiger partial charge is 0.504 e. The summed E-state index contributed by atoms with van der Waals surface area (Å²) < 4.78 is 10.5. The first kappa shape index (κ1) is 19.3. The van der Waals surface area contributed by atoms with Crippen molar-refractivity contribution in [3.63, 3.8) is 0 Å². The van der Waals surface area contributed by atoms with Crippen LogP contribution in [0.2, 0.25) is 5.02 Å². The van der Waals surface area contributed by atoms with Gasteiger partial charge in [0, 0.05) is 40.4 Å². The number of Topliss-reactive ketones (excluding diaryl/α,β-unsaturated/α-hetero) is 1. The van der Waals surface area contributed by atoms with Gasteiger partial charge in [-0.05, 0) is 38.3 Å². The Hall–Kier alpha value is -2.47. The van der Waals surface area contributed by atoms with Crippen LogP contribution >= 0.6 is 11.6 Å². The lowest BCUT2D eigenvalue weighted by molar-refractivity contribution is -0.138. The van der Waals surface area contributed by atoms with Crippen LogP contribution in [-0.4, -0.2) is 30.6 Å². The van der Waals surface area contributed by atoms with Gasteiger partial charge in [-0.2, -0.15) is 0 Å². The number of carbonyl (C=O) groups is 2. The Bertz CT molecular complexity index is 871. The van der Waals surface area contributed by atoms with Crippen LogP contribution < -0.4 is 10.1 Å². The first-order valence-corrected chi connectivity index (χ1v) is 9.24. The Labute approximate surface area is 162 Å². The molecule has 1 aromatic rings. The third-order valence-corrected chi connectivity index (χ3v) is 5.21. The van der Waals surface area contributed by atoms with Crippen molar-refractivity contribution >= 4 is 23.4 Å². The molecule has 1 aliphatic heterocycles. The maximum Gasteiger partial charge on any atom is 0.336 e. The molecule has 0 saturated carbocycles. The Kier molecular flexibility index (Phi) is 5.46. The first-order chi connectivity index (χ1) is 12.9. The van der Waals surface area contributed by atoms with Gasteiger partial charge in [-0.3, -0.25) is 4.79 Å². The van der Waals surface area contributed by atoms with Crippen molar-refractivity contribution in [3.05, 3.63) is 45.3 Å². The van der Waals surface area contributed by atoms with E-state index in [4.69, 9.17) is 21.1 Å². The molecule has 0 radical (unpaired) electrons. The number of phenols is 1. The molecule has 0 fully saturated rings. The van der Waals surface area contributed by atoms with Crippen molar-refractivity contribution < 1.29 is 24.2 Å². The Morgan fingerprint density at radius 3 is 2.78 bits per heavy atom. The summed E-state index contributed by atoms with van der Waals surface area (Å²) in [5, 5.41) is 13.5. The van der Waals surface area contributed by atoms with Crippen molar-refractivity contribution in [2.24, 2.45) is 0 Å². The molecule has 0 saturated heterocycles. The second-order valence-corrected chi connectivity index (χ2v) is 6.94. The third-order valence-electron chi connectivity index (χ3n) is 4.88. The maximum absolute atomic E-state index is 12.8. The van der Waals surface area contributed by atoms with Gasteiger partial charge in [0.25, 0.3) is 0 Å². The Morgan fingerprint density at radius 1 is 1.37 bits per heavy atom. The van der Waals surface area contributed by atoms with E-state index in [1.165, 1.54) is 13.2 Å². The first-order valence-electron chi connectivity index (χ1n) is 8.86. The number of carbonyl (C=O) groups excluding carboxylic acids is 2. The van der Waals surface area contributed by atoms with Crippen molar-refractivity contribution in [1.82, 2.24) is 5.32 Å². The van der Waals surface area contributed by atoms with Crippen LogP contribution in [0.4, 0.5) is 0 Å². The molecule has 27 heavy (non-hydrogen) atoms. The quantitative estimate of drug-likeness (QED) is 0.763. The molecule has 1 aromatic carbocycles. The number of nitrogens with one attached hydrogen (secondary N) is 1. The molecule has 2 aliphatic rings. The molecule has 144 valence electrons. The number of benzene rings is 1. The minimum atomic E-state index is -0.671. The van der Waals surface area contributed by atoms with Crippen molar-refractivity contribution in [1.29, 1.82) is 0 Å². The lowest BCUT2D eigenvalue weighted by Crippen LogP contribution is -2.34. The number of rotatable bonds is 4. The fraction of sp³-hybridized carbons (Fsp3) is 0.400. The highest BCUT2D eigenvalue weighted by molar-refractivity contribution is 6.32. The molecule has 0 spiro atoms. The highest BCUT2D eigenvalue weighted by Gasteiger charge is 2.40. The molecule has 1 unspecified atom stereocenters. The van der Waals surface area contributed by atoms with Crippen molar-refractivity contribution in [3.8, 4) is 11.5 Å². The number of hydrogen-bond acceptors (Lipinski definition) is 6. The zero-order valence-electron chi connectivity index (χ0n) is 15.5. The smallest absolute Gasteiger partial charge is 0.336 e. The summed E-state index contributed by atoms with van der Waals surface area (Å²) in [6, 6.07) is 2.94. The van der Waals surface area contributed by atoms with Crippen LogP contribution in [0, 0.1) is 0 Å². The summed E-state index contributed by atoms with van der Waals surface area (Å²) in [7, 11) is 1.43. The van der Waals surface area contributed by atoms with Gasteiger partial charge in [0.15, 0.2) is 17.3 Å². The van der Waals surface area contributed by atoms with E-state index in [-0.39, 0.29) is 28.9 Å². The van der Waals surface area contributed by atoms with Gasteiger partial charge in [-0.25, -0.2) is 4.79 Å². The number of aromatic hydroxyl groups is 1. The zero-order chi connectivity index (χ0) is 19.7. The molecular weight excluding hydrogens is 370 g/mol. The monoisotopic (exact) mass is 391 g/mol. The van der Waals surface area contributed by atoms with Crippen LogP contribution in [0.25, 0.3) is 0 Å². The molecule has 3 rings (SSSR count). The van der Waals surface area contributed by atoms with Gasteiger partial charge in [0.05, 0.1) is 19.3 Å². The molecule has 6 nitrogen and oxygen atoms in total. The molecule has 0 aromatic heterocycles. The Morgan fingerprint density at radius 2 is 2.11 bits per heavy atom. The fourth-order valence-electron chi connectivity index (χ4n) is 3.72. The number of dihydropyridines is 1. The van der Waals surface area contributed by atoms with E-state index in [0.717, 1.165) is 18.5 Å². The van der Waals surface area contributed by atoms with Gasteiger partial charge in [-0.1, -0.05) is 11.6 Å². The van der Waals surface area contributed by atoms with Crippen molar-refractivity contribution in [2.75, 3.05) is 13.7 Å². The average Bonchev–Trinajstić information content (AvgIpc) is 2.61. The van der Waals surface area contributed by atoms with Crippen LogP contribution in [0.5, 0.6) is 11.5 Å². The highest BCUT2D eigenvalue weighted by Crippen LogP contribution is 2.46. The summed E-state index contributed by atoms with van der Waals surface area (Å²) in [5.41, 5.74) is 2.85. The topological polar surface area (TPSA) is 84.9 Å². The number of ketones is 1. The maximum atomic E-state index is 12.8. The minimum Gasteiger partial charge on any atom is -0.504 e. The number of methoxy groups -OCH3 is 1. The van der Waals surface area contributed by atoms with E-state index in [9.17, 15) is 14.7 Å².